The smallest absolute Gasteiger partial charge is 0.259 e. The normalized spacial score (nSPS) is 20.6. The van der Waals surface area contributed by atoms with Crippen molar-refractivity contribution in [2.45, 2.75) is 44.2 Å². The number of imide groups is 1. The molecule has 3 aliphatic heterocycles. The first-order valence-electron chi connectivity index (χ1n) is 12.0. The Balaban J connectivity index is 1.29. The molecule has 0 saturated carbocycles. The highest BCUT2D eigenvalue weighted by Crippen LogP contribution is 2.41. The summed E-state index contributed by atoms with van der Waals surface area (Å²) in [6, 6.07) is 9.21. The molecule has 0 radical (unpaired) electrons. The number of hydrogen-bond acceptors (Lipinski definition) is 5. The zero-order valence-corrected chi connectivity index (χ0v) is 19.1. The van der Waals surface area contributed by atoms with E-state index in [9.17, 15) is 19.2 Å². The van der Waals surface area contributed by atoms with Crippen LogP contribution in [-0.4, -0.2) is 57.9 Å². The van der Waals surface area contributed by atoms with Crippen LogP contribution in [0, 0.1) is 0 Å². The summed E-state index contributed by atoms with van der Waals surface area (Å²) in [5, 5.41) is 8.79. The summed E-state index contributed by atoms with van der Waals surface area (Å²) in [5.74, 6) is -0.927. The summed E-state index contributed by atoms with van der Waals surface area (Å²) >= 11 is 0. The largest absolute Gasteiger partial charge is 0.345 e. The quantitative estimate of drug-likeness (QED) is 0.454. The van der Waals surface area contributed by atoms with Crippen LogP contribution in [-0.2, 0) is 20.8 Å². The van der Waals surface area contributed by atoms with Gasteiger partial charge in [0.2, 0.25) is 18.2 Å². The topological polar surface area (TPSA) is 105 Å². The molecule has 9 heteroatoms. The van der Waals surface area contributed by atoms with Gasteiger partial charge in [-0.3, -0.25) is 34.1 Å². The van der Waals surface area contributed by atoms with Gasteiger partial charge >= 0.3 is 0 Å². The van der Waals surface area contributed by atoms with Gasteiger partial charge in [-0.1, -0.05) is 18.2 Å². The molecule has 3 aliphatic rings. The molecular weight excluding hydrogens is 446 g/mol. The lowest BCUT2D eigenvalue weighted by Gasteiger charge is -2.30. The molecule has 35 heavy (non-hydrogen) atoms. The van der Waals surface area contributed by atoms with Gasteiger partial charge in [-0.15, -0.1) is 0 Å². The minimum atomic E-state index is -0.689. The second-order valence-electron chi connectivity index (χ2n) is 9.49. The Hall–Kier alpha value is -4.01. The van der Waals surface area contributed by atoms with Crippen molar-refractivity contribution >= 4 is 40.6 Å². The maximum atomic E-state index is 13.3. The van der Waals surface area contributed by atoms with Crippen molar-refractivity contribution in [3.8, 4) is 0 Å². The second kappa shape index (κ2) is 8.33. The Morgan fingerprint density at radius 2 is 1.89 bits per heavy atom. The molecule has 1 aromatic heterocycles. The van der Waals surface area contributed by atoms with Crippen LogP contribution in [0.3, 0.4) is 0 Å². The Bertz CT molecular complexity index is 1370. The Labute approximate surface area is 201 Å². The van der Waals surface area contributed by atoms with Crippen LogP contribution in [0.25, 0.3) is 10.8 Å². The summed E-state index contributed by atoms with van der Waals surface area (Å²) in [4.78, 5) is 51.8. The first kappa shape index (κ1) is 21.5. The first-order valence-corrected chi connectivity index (χ1v) is 12.0. The van der Waals surface area contributed by atoms with Gasteiger partial charge in [0.25, 0.3) is 5.91 Å². The number of carbonyl (C=O) groups is 4. The van der Waals surface area contributed by atoms with Crippen molar-refractivity contribution < 1.29 is 19.2 Å². The van der Waals surface area contributed by atoms with E-state index in [4.69, 9.17) is 0 Å². The van der Waals surface area contributed by atoms with Gasteiger partial charge in [0.05, 0.1) is 17.9 Å². The average Bonchev–Trinajstić information content (AvgIpc) is 3.45. The highest BCUT2D eigenvalue weighted by molar-refractivity contribution is 6.27. The molecule has 2 aromatic carbocycles. The van der Waals surface area contributed by atoms with Crippen LogP contribution in [0.1, 0.15) is 53.2 Å². The monoisotopic (exact) mass is 471 g/mol. The summed E-state index contributed by atoms with van der Waals surface area (Å²) in [7, 11) is 0. The van der Waals surface area contributed by atoms with Crippen molar-refractivity contribution in [1.82, 2.24) is 20.0 Å². The van der Waals surface area contributed by atoms with Crippen molar-refractivity contribution in [1.29, 1.82) is 0 Å². The Morgan fingerprint density at radius 3 is 2.66 bits per heavy atom. The van der Waals surface area contributed by atoms with E-state index in [1.807, 2.05) is 35.1 Å². The van der Waals surface area contributed by atoms with Crippen molar-refractivity contribution in [3.63, 3.8) is 0 Å². The molecule has 0 spiro atoms. The van der Waals surface area contributed by atoms with Crippen molar-refractivity contribution in [2.24, 2.45) is 0 Å². The van der Waals surface area contributed by atoms with Crippen LogP contribution < -0.4 is 10.2 Å². The van der Waals surface area contributed by atoms with E-state index < -0.39 is 11.9 Å². The number of amides is 4. The number of piperidine rings is 2. The zero-order valence-electron chi connectivity index (χ0n) is 19.1. The fourth-order valence-corrected chi connectivity index (χ4v) is 5.60. The fourth-order valence-electron chi connectivity index (χ4n) is 5.60. The number of carbonyl (C=O) groups excluding carboxylic acids is 4. The third-order valence-corrected chi connectivity index (χ3v) is 7.41. The molecule has 9 nitrogen and oxygen atoms in total. The van der Waals surface area contributed by atoms with Crippen LogP contribution in [0.4, 0.5) is 5.69 Å². The Morgan fingerprint density at radius 1 is 1.06 bits per heavy atom. The number of aromatic nitrogens is 2. The maximum Gasteiger partial charge on any atom is 0.259 e. The van der Waals surface area contributed by atoms with Gasteiger partial charge in [0.1, 0.15) is 6.04 Å². The summed E-state index contributed by atoms with van der Waals surface area (Å²) in [6.07, 6.45) is 7.85. The average molecular weight is 472 g/mol. The van der Waals surface area contributed by atoms with Gasteiger partial charge in [-0.25, -0.2) is 0 Å². The lowest BCUT2D eigenvalue weighted by molar-refractivity contribution is -0.134. The number of hydrogen-bond donors (Lipinski definition) is 1. The highest BCUT2D eigenvalue weighted by Gasteiger charge is 2.40. The van der Waals surface area contributed by atoms with Gasteiger partial charge < -0.3 is 4.90 Å². The third-order valence-electron chi connectivity index (χ3n) is 7.41. The van der Waals surface area contributed by atoms with Crippen LogP contribution in [0.15, 0.2) is 42.7 Å². The van der Waals surface area contributed by atoms with E-state index in [2.05, 4.69) is 16.6 Å². The predicted octanol–water partition coefficient (Wildman–Crippen LogP) is 2.19. The van der Waals surface area contributed by atoms with Crippen molar-refractivity contribution in [2.75, 3.05) is 18.0 Å². The SMILES string of the molecule is O=CN1CCC(n2cc(Cc3ccc4c5c(cccc35)C(=O)N4C3CCC(=O)NC3=O)cn2)CC1. The van der Waals surface area contributed by atoms with E-state index in [0.29, 0.717) is 18.4 Å². The molecule has 3 aromatic rings. The molecule has 4 heterocycles. The molecule has 1 atom stereocenters. The molecule has 178 valence electrons. The van der Waals surface area contributed by atoms with E-state index in [-0.39, 0.29) is 24.3 Å². The minimum Gasteiger partial charge on any atom is -0.345 e. The predicted molar refractivity (Wildman–Crippen MR) is 128 cm³/mol. The van der Waals surface area contributed by atoms with E-state index in [1.54, 1.807) is 15.9 Å². The van der Waals surface area contributed by atoms with Crippen LogP contribution >= 0.6 is 0 Å². The number of likely N-dealkylation sites (tertiary alicyclic amines) is 1. The van der Waals surface area contributed by atoms with E-state index in [0.717, 1.165) is 59.9 Å². The third kappa shape index (κ3) is 3.58. The van der Waals surface area contributed by atoms with Gasteiger partial charge in [-0.2, -0.15) is 5.10 Å². The molecule has 1 N–H and O–H groups in total. The van der Waals surface area contributed by atoms with Gasteiger partial charge in [-0.05, 0) is 47.9 Å². The fraction of sp³-hybridized carbons (Fsp3) is 0.346. The number of nitrogens with zero attached hydrogens (tertiary/aromatic N) is 4. The van der Waals surface area contributed by atoms with Gasteiger partial charge in [0.15, 0.2) is 0 Å². The number of rotatable bonds is 5. The zero-order chi connectivity index (χ0) is 24.1. The number of nitrogens with one attached hydrogen (secondary N) is 1. The van der Waals surface area contributed by atoms with E-state index >= 15 is 0 Å². The molecule has 4 amide bonds. The summed E-state index contributed by atoms with van der Waals surface area (Å²) < 4.78 is 2.01. The molecule has 2 fully saturated rings. The first-order chi connectivity index (χ1) is 17.0. The lowest BCUT2D eigenvalue weighted by atomic mass is 9.97. The number of benzene rings is 2. The lowest BCUT2D eigenvalue weighted by Crippen LogP contribution is -2.53. The second-order valence-corrected chi connectivity index (χ2v) is 9.49. The minimum absolute atomic E-state index is 0.202. The molecular formula is C26H25N5O4. The molecule has 1 unspecified atom stereocenters. The van der Waals surface area contributed by atoms with Crippen LogP contribution in [0.2, 0.25) is 0 Å². The highest BCUT2D eigenvalue weighted by atomic mass is 16.2. The van der Waals surface area contributed by atoms with Crippen LogP contribution in [0.5, 0.6) is 0 Å². The Kier molecular flexibility index (Phi) is 5.12. The number of anilines is 1. The standard InChI is InChI=1S/C26H25N5O4/c32-15-29-10-8-18(9-11-29)30-14-16(13-27-30)12-17-4-5-21-24-19(17)2-1-3-20(24)26(35)31(21)22-6-7-23(33)28-25(22)34/h1-5,13-15,18,22H,6-12H2,(H,28,33,34). The van der Waals surface area contributed by atoms with Crippen molar-refractivity contribution in [3.05, 3.63) is 59.4 Å². The molecule has 2 saturated heterocycles. The van der Waals surface area contributed by atoms with E-state index in [1.165, 1.54) is 0 Å². The maximum absolute atomic E-state index is 13.3. The molecule has 0 aliphatic carbocycles. The van der Waals surface area contributed by atoms with Gasteiger partial charge in [0, 0.05) is 43.1 Å². The summed E-state index contributed by atoms with van der Waals surface area (Å²) in [6.45, 7) is 1.49. The molecule has 0 bridgehead atoms. The molecule has 6 rings (SSSR count). The summed E-state index contributed by atoms with van der Waals surface area (Å²) in [5.41, 5.74) is 3.46.